The molecule has 2 fully saturated rings. The fourth-order valence-corrected chi connectivity index (χ4v) is 13.8. The third-order valence-corrected chi connectivity index (χ3v) is 16.4. The SMILES string of the molecule is CC1(C)c2ccccc2-c2cccc(-c3ccc(N(c4ccc(-c5cccc6c5sc5ccccc56)cc4)c4ccc5c(c4)C4(CC6CCC4C6)c4ccccc4-5)cc3)c21. The smallest absolute Gasteiger partial charge is 0.0465 e. The maximum Gasteiger partial charge on any atom is 0.0465 e. The van der Waals surface area contributed by atoms with Gasteiger partial charge in [0.1, 0.15) is 0 Å². The first-order valence-electron chi connectivity index (χ1n) is 21.9. The Morgan fingerprint density at radius 3 is 1.82 bits per heavy atom. The van der Waals surface area contributed by atoms with Gasteiger partial charge < -0.3 is 4.90 Å². The molecule has 0 radical (unpaired) electrons. The molecule has 1 nitrogen and oxygen atoms in total. The lowest BCUT2D eigenvalue weighted by molar-refractivity contribution is 0.327. The molecular formula is C58H45NS. The van der Waals surface area contributed by atoms with E-state index in [0.717, 1.165) is 5.92 Å². The Bertz CT molecular complexity index is 3200. The van der Waals surface area contributed by atoms with Crippen LogP contribution in [-0.2, 0) is 10.8 Å². The van der Waals surface area contributed by atoms with E-state index in [4.69, 9.17) is 0 Å². The zero-order valence-electron chi connectivity index (χ0n) is 34.1. The Morgan fingerprint density at radius 1 is 0.483 bits per heavy atom. The lowest BCUT2D eigenvalue weighted by Crippen LogP contribution is -2.32. The first kappa shape index (κ1) is 34.6. The highest BCUT2D eigenvalue weighted by atomic mass is 32.1. The summed E-state index contributed by atoms with van der Waals surface area (Å²) in [6.45, 7) is 4.77. The van der Waals surface area contributed by atoms with Crippen molar-refractivity contribution in [3.63, 3.8) is 0 Å². The van der Waals surface area contributed by atoms with Crippen molar-refractivity contribution in [1.29, 1.82) is 0 Å². The van der Waals surface area contributed by atoms with Gasteiger partial charge in [-0.15, -0.1) is 11.3 Å². The molecule has 0 saturated heterocycles. The lowest BCUT2D eigenvalue weighted by Gasteiger charge is -2.37. The Labute approximate surface area is 356 Å². The zero-order valence-corrected chi connectivity index (χ0v) is 34.9. The van der Waals surface area contributed by atoms with Gasteiger partial charge in [0, 0.05) is 48.1 Å². The van der Waals surface area contributed by atoms with Crippen molar-refractivity contribution in [2.24, 2.45) is 11.8 Å². The molecule has 9 aromatic rings. The molecule has 1 spiro atoms. The summed E-state index contributed by atoms with van der Waals surface area (Å²) in [6.07, 6.45) is 5.37. The van der Waals surface area contributed by atoms with Gasteiger partial charge in [-0.25, -0.2) is 0 Å². The molecule has 0 N–H and O–H groups in total. The quantitative estimate of drug-likeness (QED) is 0.168. The normalized spacial score (nSPS) is 20.1. The number of nitrogens with zero attached hydrogens (tertiary/aromatic N) is 1. The number of hydrogen-bond donors (Lipinski definition) is 0. The summed E-state index contributed by atoms with van der Waals surface area (Å²) in [4.78, 5) is 2.51. The second-order valence-electron chi connectivity index (χ2n) is 18.4. The molecule has 2 bridgehead atoms. The molecule has 0 aliphatic heterocycles. The average Bonchev–Trinajstić information content (AvgIpc) is 4.11. The van der Waals surface area contributed by atoms with Gasteiger partial charge in [0.05, 0.1) is 0 Å². The van der Waals surface area contributed by atoms with Crippen LogP contribution in [0.1, 0.15) is 61.8 Å². The van der Waals surface area contributed by atoms with Crippen molar-refractivity contribution in [2.75, 3.05) is 4.90 Å². The summed E-state index contributed by atoms with van der Waals surface area (Å²) in [7, 11) is 0. The average molecular weight is 788 g/mol. The predicted molar refractivity (Wildman–Crippen MR) is 254 cm³/mol. The van der Waals surface area contributed by atoms with Gasteiger partial charge in [0.25, 0.3) is 0 Å². The third-order valence-electron chi connectivity index (χ3n) is 15.1. The van der Waals surface area contributed by atoms with Crippen LogP contribution in [-0.4, -0.2) is 0 Å². The van der Waals surface area contributed by atoms with Crippen LogP contribution in [0.25, 0.3) is 64.7 Å². The van der Waals surface area contributed by atoms with Crippen molar-refractivity contribution in [2.45, 2.75) is 50.4 Å². The van der Waals surface area contributed by atoms with E-state index < -0.39 is 0 Å². The molecule has 13 rings (SSSR count). The summed E-state index contributed by atoms with van der Waals surface area (Å²) in [5, 5.41) is 2.68. The van der Waals surface area contributed by atoms with Crippen LogP contribution in [0.3, 0.4) is 0 Å². The molecule has 60 heavy (non-hydrogen) atoms. The highest BCUT2D eigenvalue weighted by molar-refractivity contribution is 7.26. The van der Waals surface area contributed by atoms with Gasteiger partial charge in [-0.2, -0.15) is 0 Å². The zero-order chi connectivity index (χ0) is 39.7. The van der Waals surface area contributed by atoms with Gasteiger partial charge >= 0.3 is 0 Å². The van der Waals surface area contributed by atoms with Gasteiger partial charge in [-0.05, 0) is 140 Å². The number of rotatable bonds is 5. The maximum atomic E-state index is 2.58. The summed E-state index contributed by atoms with van der Waals surface area (Å²) in [5.41, 5.74) is 20.3. The van der Waals surface area contributed by atoms with E-state index in [1.165, 1.54) is 119 Å². The van der Waals surface area contributed by atoms with Crippen molar-refractivity contribution in [3.8, 4) is 44.5 Å². The maximum absolute atomic E-state index is 2.58. The molecule has 1 heterocycles. The largest absolute Gasteiger partial charge is 0.310 e. The highest BCUT2D eigenvalue weighted by Crippen LogP contribution is 2.66. The van der Waals surface area contributed by atoms with Gasteiger partial charge in [0.2, 0.25) is 0 Å². The molecule has 288 valence electrons. The van der Waals surface area contributed by atoms with Crippen molar-refractivity contribution in [1.82, 2.24) is 0 Å². The van der Waals surface area contributed by atoms with E-state index in [2.05, 4.69) is 195 Å². The van der Waals surface area contributed by atoms with E-state index in [1.54, 1.807) is 11.1 Å². The first-order valence-corrected chi connectivity index (χ1v) is 22.7. The molecule has 2 heteroatoms. The molecule has 2 saturated carbocycles. The number of hydrogen-bond acceptors (Lipinski definition) is 2. The Balaban J connectivity index is 0.950. The molecule has 0 amide bonds. The predicted octanol–water partition coefficient (Wildman–Crippen LogP) is 16.3. The van der Waals surface area contributed by atoms with E-state index in [1.807, 2.05) is 11.3 Å². The Hall–Kier alpha value is -6.22. The van der Waals surface area contributed by atoms with Gasteiger partial charge in [-0.1, -0.05) is 154 Å². The number of benzene rings is 8. The molecule has 4 aliphatic carbocycles. The van der Waals surface area contributed by atoms with Gasteiger partial charge in [0.15, 0.2) is 0 Å². The minimum Gasteiger partial charge on any atom is -0.310 e. The third kappa shape index (κ3) is 4.74. The number of anilines is 3. The van der Waals surface area contributed by atoms with Gasteiger partial charge in [-0.3, -0.25) is 0 Å². The number of thiophene rings is 1. The standard InChI is InChI=1S/C58H45NS/c1-57(2)51-18-6-3-12-46(51)49-16-9-14-43(55(49)57)37-22-27-40(28-23-37)59(41-29-24-38(25-30-41)44-15-10-17-50-48-13-5-8-20-54(48)60-56(44)50)42-31-32-47-45-11-4-7-19-52(45)58(53(47)34-42)35-36-21-26-39(58)33-36/h3-20,22-25,27-32,34,36,39H,21,26,33,35H2,1-2H3. The van der Waals surface area contributed by atoms with E-state index in [-0.39, 0.29) is 10.8 Å². The summed E-state index contributed by atoms with van der Waals surface area (Å²) in [5.74, 6) is 1.54. The summed E-state index contributed by atoms with van der Waals surface area (Å²) in [6, 6.07) is 66.9. The summed E-state index contributed by atoms with van der Waals surface area (Å²) < 4.78 is 2.69. The fourth-order valence-electron chi connectivity index (χ4n) is 12.6. The van der Waals surface area contributed by atoms with E-state index in [9.17, 15) is 0 Å². The number of fused-ring (bicyclic) bond motifs is 14. The lowest BCUT2D eigenvalue weighted by atomic mass is 9.67. The van der Waals surface area contributed by atoms with Crippen LogP contribution in [0.5, 0.6) is 0 Å². The van der Waals surface area contributed by atoms with E-state index in [0.29, 0.717) is 5.92 Å². The Kier molecular flexibility index (Phi) is 7.30. The minimum atomic E-state index is -0.0766. The van der Waals surface area contributed by atoms with Crippen LogP contribution >= 0.6 is 11.3 Å². The summed E-state index contributed by atoms with van der Waals surface area (Å²) >= 11 is 1.90. The van der Waals surface area contributed by atoms with Crippen LogP contribution < -0.4 is 4.90 Å². The van der Waals surface area contributed by atoms with Crippen molar-refractivity contribution >= 4 is 48.6 Å². The minimum absolute atomic E-state index is 0.0766. The molecule has 3 unspecified atom stereocenters. The fraction of sp³-hybridized carbons (Fsp3) is 0.172. The molecule has 3 atom stereocenters. The van der Waals surface area contributed by atoms with Crippen molar-refractivity contribution in [3.05, 3.63) is 198 Å². The van der Waals surface area contributed by atoms with Crippen LogP contribution in [0, 0.1) is 11.8 Å². The van der Waals surface area contributed by atoms with Crippen LogP contribution in [0.15, 0.2) is 176 Å². The second-order valence-corrected chi connectivity index (χ2v) is 19.5. The van der Waals surface area contributed by atoms with Crippen molar-refractivity contribution < 1.29 is 0 Å². The van der Waals surface area contributed by atoms with E-state index >= 15 is 0 Å². The molecule has 8 aromatic carbocycles. The van der Waals surface area contributed by atoms with Crippen LogP contribution in [0.2, 0.25) is 0 Å². The molecule has 1 aromatic heterocycles. The second kappa shape index (κ2) is 12.6. The molecule has 4 aliphatic rings. The topological polar surface area (TPSA) is 3.24 Å². The molecular weight excluding hydrogens is 743 g/mol. The first-order chi connectivity index (χ1) is 29.5. The Morgan fingerprint density at radius 2 is 1.07 bits per heavy atom. The van der Waals surface area contributed by atoms with Crippen LogP contribution in [0.4, 0.5) is 17.1 Å². The monoisotopic (exact) mass is 787 g/mol. The highest BCUT2D eigenvalue weighted by Gasteiger charge is 2.56.